The maximum atomic E-state index is 12.2. The number of amides is 2. The molecule has 2 rings (SSSR count). The molecule has 0 aliphatic heterocycles. The molecule has 0 spiro atoms. The van der Waals surface area contributed by atoms with Crippen LogP contribution in [0.15, 0.2) is 22.9 Å². The molecule has 0 aromatic carbocycles. The van der Waals surface area contributed by atoms with Gasteiger partial charge in [-0.2, -0.15) is 0 Å². The van der Waals surface area contributed by atoms with Crippen LogP contribution in [0.25, 0.3) is 0 Å². The first-order valence-corrected chi connectivity index (χ1v) is 6.77. The highest BCUT2D eigenvalue weighted by molar-refractivity contribution is 5.96. The lowest BCUT2D eigenvalue weighted by Gasteiger charge is -2.08. The molecule has 1 N–H and O–H groups in total. The number of carbonyl (C=O) groups is 2. The topological polar surface area (TPSA) is 88.3 Å². The Labute approximate surface area is 128 Å². The van der Waals surface area contributed by atoms with Crippen LogP contribution in [0.2, 0.25) is 0 Å². The summed E-state index contributed by atoms with van der Waals surface area (Å²) in [7, 11) is 3.29. The summed E-state index contributed by atoms with van der Waals surface area (Å²) >= 11 is 0. The summed E-state index contributed by atoms with van der Waals surface area (Å²) in [4.78, 5) is 33.4. The molecule has 2 amide bonds. The molecule has 0 saturated heterocycles. The molecule has 0 aliphatic carbocycles. The summed E-state index contributed by atoms with van der Waals surface area (Å²) in [6, 6.07) is 3.25. The van der Waals surface area contributed by atoms with Crippen molar-refractivity contribution in [2.24, 2.45) is 0 Å². The Bertz CT molecular complexity index is 686. The molecule has 2 aromatic heterocycles. The maximum absolute atomic E-state index is 12.2. The van der Waals surface area contributed by atoms with Crippen LogP contribution in [-0.4, -0.2) is 40.8 Å². The predicted molar refractivity (Wildman–Crippen MR) is 79.4 cm³/mol. The molecule has 2 aromatic rings. The van der Waals surface area contributed by atoms with E-state index in [0.717, 1.165) is 0 Å². The first-order valence-electron chi connectivity index (χ1n) is 6.77. The molecule has 0 saturated carbocycles. The highest BCUT2D eigenvalue weighted by Gasteiger charge is 2.16. The van der Waals surface area contributed by atoms with Crippen LogP contribution in [0.5, 0.6) is 0 Å². The van der Waals surface area contributed by atoms with Gasteiger partial charge in [-0.15, -0.1) is 0 Å². The molecule has 2 heterocycles. The van der Waals surface area contributed by atoms with Gasteiger partial charge in [0.1, 0.15) is 12.1 Å². The van der Waals surface area contributed by atoms with Gasteiger partial charge in [0.2, 0.25) is 0 Å². The van der Waals surface area contributed by atoms with Crippen molar-refractivity contribution in [2.75, 3.05) is 14.1 Å². The largest absolute Gasteiger partial charge is 0.454 e. The molecule has 0 fully saturated rings. The predicted octanol–water partition coefficient (Wildman–Crippen LogP) is 1.32. The van der Waals surface area contributed by atoms with Crippen molar-refractivity contribution >= 4 is 11.8 Å². The fourth-order valence-electron chi connectivity index (χ4n) is 1.99. The average molecular weight is 302 g/mol. The second-order valence-corrected chi connectivity index (χ2v) is 5.07. The molecular formula is C15H18N4O3. The number of hydrogen-bond donors (Lipinski definition) is 1. The molecule has 7 nitrogen and oxygen atoms in total. The minimum absolute atomic E-state index is 0.188. The van der Waals surface area contributed by atoms with Crippen LogP contribution in [0.3, 0.4) is 0 Å². The highest BCUT2D eigenvalue weighted by atomic mass is 16.4. The van der Waals surface area contributed by atoms with Gasteiger partial charge >= 0.3 is 0 Å². The Morgan fingerprint density at radius 1 is 1.18 bits per heavy atom. The van der Waals surface area contributed by atoms with Crippen molar-refractivity contribution in [3.05, 3.63) is 46.9 Å². The van der Waals surface area contributed by atoms with Gasteiger partial charge in [0, 0.05) is 14.1 Å². The summed E-state index contributed by atoms with van der Waals surface area (Å²) in [5, 5.41) is 2.74. The van der Waals surface area contributed by atoms with Gasteiger partial charge in [-0.25, -0.2) is 9.97 Å². The SMILES string of the molecule is Cc1ncnc(C)c1C(=O)NCc1ccc(C(=O)N(C)C)o1. The lowest BCUT2D eigenvalue weighted by Crippen LogP contribution is -2.25. The molecule has 22 heavy (non-hydrogen) atoms. The Hall–Kier alpha value is -2.70. The van der Waals surface area contributed by atoms with Gasteiger partial charge in [-0.05, 0) is 26.0 Å². The lowest BCUT2D eigenvalue weighted by atomic mass is 10.1. The first kappa shape index (κ1) is 15.7. The molecule has 0 bridgehead atoms. The molecule has 0 radical (unpaired) electrons. The van der Waals surface area contributed by atoms with Gasteiger partial charge in [0.15, 0.2) is 5.76 Å². The van der Waals surface area contributed by atoms with E-state index >= 15 is 0 Å². The number of nitrogens with one attached hydrogen (secondary N) is 1. The minimum Gasteiger partial charge on any atom is -0.454 e. The summed E-state index contributed by atoms with van der Waals surface area (Å²) in [6.45, 7) is 3.70. The van der Waals surface area contributed by atoms with E-state index < -0.39 is 0 Å². The van der Waals surface area contributed by atoms with E-state index in [-0.39, 0.29) is 24.1 Å². The summed E-state index contributed by atoms with van der Waals surface area (Å²) in [6.07, 6.45) is 1.42. The zero-order chi connectivity index (χ0) is 16.3. The zero-order valence-electron chi connectivity index (χ0n) is 13.0. The summed E-state index contributed by atoms with van der Waals surface area (Å²) in [5.74, 6) is 0.253. The number of nitrogens with zero attached hydrogens (tertiary/aromatic N) is 3. The van der Waals surface area contributed by atoms with E-state index in [1.807, 2.05) is 0 Å². The number of hydrogen-bond acceptors (Lipinski definition) is 5. The minimum atomic E-state index is -0.271. The van der Waals surface area contributed by atoms with Gasteiger partial charge < -0.3 is 14.6 Å². The number of carbonyl (C=O) groups excluding carboxylic acids is 2. The third-order valence-electron chi connectivity index (χ3n) is 3.16. The first-order chi connectivity index (χ1) is 10.4. The van der Waals surface area contributed by atoms with Crippen LogP contribution >= 0.6 is 0 Å². The van der Waals surface area contributed by atoms with E-state index in [4.69, 9.17) is 4.42 Å². The summed E-state index contributed by atoms with van der Waals surface area (Å²) in [5.41, 5.74) is 1.69. The molecule has 0 atom stereocenters. The number of furan rings is 1. The van der Waals surface area contributed by atoms with Gasteiger partial charge in [0.05, 0.1) is 23.5 Å². The third-order valence-corrected chi connectivity index (χ3v) is 3.16. The fraction of sp³-hybridized carbons (Fsp3) is 0.333. The van der Waals surface area contributed by atoms with Crippen molar-refractivity contribution in [1.82, 2.24) is 20.2 Å². The molecule has 7 heteroatoms. The van der Waals surface area contributed by atoms with Gasteiger partial charge in [-0.3, -0.25) is 9.59 Å². The molecular weight excluding hydrogens is 284 g/mol. The maximum Gasteiger partial charge on any atom is 0.289 e. The van der Waals surface area contributed by atoms with Crippen molar-refractivity contribution in [1.29, 1.82) is 0 Å². The Morgan fingerprint density at radius 2 is 1.82 bits per heavy atom. The van der Waals surface area contributed by atoms with Gasteiger partial charge in [0.25, 0.3) is 11.8 Å². The molecule has 0 aliphatic rings. The van der Waals surface area contributed by atoms with E-state index in [1.165, 1.54) is 11.2 Å². The number of aryl methyl sites for hydroxylation is 2. The molecule has 116 valence electrons. The Morgan fingerprint density at radius 3 is 2.41 bits per heavy atom. The second kappa shape index (κ2) is 6.38. The van der Waals surface area contributed by atoms with Crippen LogP contribution < -0.4 is 5.32 Å². The van der Waals surface area contributed by atoms with E-state index in [2.05, 4.69) is 15.3 Å². The Balaban J connectivity index is 2.04. The summed E-state index contributed by atoms with van der Waals surface area (Å²) < 4.78 is 5.42. The highest BCUT2D eigenvalue weighted by Crippen LogP contribution is 2.11. The van der Waals surface area contributed by atoms with Crippen molar-refractivity contribution in [3.8, 4) is 0 Å². The fourth-order valence-corrected chi connectivity index (χ4v) is 1.99. The van der Waals surface area contributed by atoms with E-state index in [0.29, 0.717) is 22.7 Å². The smallest absolute Gasteiger partial charge is 0.289 e. The van der Waals surface area contributed by atoms with Crippen molar-refractivity contribution in [3.63, 3.8) is 0 Å². The van der Waals surface area contributed by atoms with E-state index in [9.17, 15) is 9.59 Å². The standard InChI is InChI=1S/C15H18N4O3/c1-9-13(10(2)18-8-17-9)14(20)16-7-11-5-6-12(22-11)15(21)19(3)4/h5-6,8H,7H2,1-4H3,(H,16,20). The quantitative estimate of drug-likeness (QED) is 0.920. The zero-order valence-corrected chi connectivity index (χ0v) is 13.0. The lowest BCUT2D eigenvalue weighted by molar-refractivity contribution is 0.0794. The van der Waals surface area contributed by atoms with Gasteiger partial charge in [-0.1, -0.05) is 0 Å². The van der Waals surface area contributed by atoms with E-state index in [1.54, 1.807) is 40.1 Å². The normalized spacial score (nSPS) is 10.4. The Kier molecular flexibility index (Phi) is 4.55. The second-order valence-electron chi connectivity index (χ2n) is 5.07. The van der Waals surface area contributed by atoms with Crippen LogP contribution in [-0.2, 0) is 6.54 Å². The monoisotopic (exact) mass is 302 g/mol. The average Bonchev–Trinajstić information content (AvgIpc) is 2.92. The number of aromatic nitrogens is 2. The number of rotatable bonds is 4. The van der Waals surface area contributed by atoms with Crippen molar-refractivity contribution < 1.29 is 14.0 Å². The van der Waals surface area contributed by atoms with Crippen LogP contribution in [0, 0.1) is 13.8 Å². The third kappa shape index (κ3) is 3.30. The molecule has 0 unspecified atom stereocenters. The van der Waals surface area contributed by atoms with Crippen LogP contribution in [0.4, 0.5) is 0 Å². The van der Waals surface area contributed by atoms with Crippen LogP contribution in [0.1, 0.15) is 38.1 Å². The van der Waals surface area contributed by atoms with Crippen molar-refractivity contribution in [2.45, 2.75) is 20.4 Å².